The van der Waals surface area contributed by atoms with Crippen LogP contribution >= 0.6 is 11.6 Å². The summed E-state index contributed by atoms with van der Waals surface area (Å²) < 4.78 is 50.7. The van der Waals surface area contributed by atoms with Gasteiger partial charge in [-0.25, -0.2) is 4.79 Å². The lowest BCUT2D eigenvalue weighted by molar-refractivity contribution is -0.138. The number of benzene rings is 3. The number of carbonyl (C=O) groups is 1. The van der Waals surface area contributed by atoms with Gasteiger partial charge in [0, 0.05) is 16.1 Å². The maximum absolute atomic E-state index is 13.2. The molecule has 0 aliphatic rings. The Balaban J connectivity index is 1.65. The van der Waals surface area contributed by atoms with Crippen molar-refractivity contribution in [2.75, 3.05) is 0 Å². The molecule has 4 aromatic rings. The Bertz CT molecular complexity index is 1350. The number of rotatable bonds is 6. The van der Waals surface area contributed by atoms with E-state index < -0.39 is 17.7 Å². The normalized spacial score (nSPS) is 11.4. The number of carboxylic acids is 1. The van der Waals surface area contributed by atoms with Crippen molar-refractivity contribution in [3.8, 4) is 28.2 Å². The summed E-state index contributed by atoms with van der Waals surface area (Å²) in [4.78, 5) is 11.7. The van der Waals surface area contributed by atoms with Gasteiger partial charge in [0.15, 0.2) is 11.5 Å². The number of aryl methyl sites for hydroxylation is 1. The number of ether oxygens (including phenoxy) is 1. The number of alkyl halides is 3. The van der Waals surface area contributed by atoms with E-state index in [1.807, 2.05) is 0 Å². The number of halogens is 4. The number of aromatic nitrogens is 1. The maximum Gasteiger partial charge on any atom is 0.416 e. The predicted molar refractivity (Wildman–Crippen MR) is 120 cm³/mol. The zero-order valence-corrected chi connectivity index (χ0v) is 18.4. The molecule has 0 spiro atoms. The van der Waals surface area contributed by atoms with E-state index in [0.29, 0.717) is 33.0 Å². The molecule has 1 heterocycles. The molecule has 3 aromatic carbocycles. The lowest BCUT2D eigenvalue weighted by Gasteiger charge is -2.14. The molecule has 0 saturated carbocycles. The first-order valence-electron chi connectivity index (χ1n) is 10.0. The van der Waals surface area contributed by atoms with E-state index in [1.54, 1.807) is 49.4 Å². The maximum atomic E-state index is 13.2. The third-order valence-corrected chi connectivity index (χ3v) is 5.44. The second-order valence-corrected chi connectivity index (χ2v) is 7.90. The van der Waals surface area contributed by atoms with Crippen LogP contribution < -0.4 is 4.74 Å². The SMILES string of the molecule is Cc1cc(OCc2ccccc2C(F)(F)F)ccc1-c1onc(C(=O)O)c1-c1ccc(Cl)cc1. The monoisotopic (exact) mass is 487 g/mol. The fourth-order valence-corrected chi connectivity index (χ4v) is 3.69. The van der Waals surface area contributed by atoms with E-state index in [-0.39, 0.29) is 23.6 Å². The molecule has 0 aliphatic heterocycles. The first-order valence-corrected chi connectivity index (χ1v) is 10.4. The average Bonchev–Trinajstić information content (AvgIpc) is 3.23. The number of aromatic carboxylic acids is 1. The Morgan fingerprint density at radius 2 is 1.79 bits per heavy atom. The molecule has 0 saturated heterocycles. The highest BCUT2D eigenvalue weighted by Gasteiger charge is 2.33. The summed E-state index contributed by atoms with van der Waals surface area (Å²) in [7, 11) is 0. The largest absolute Gasteiger partial charge is 0.489 e. The summed E-state index contributed by atoms with van der Waals surface area (Å²) in [5, 5.41) is 13.8. The van der Waals surface area contributed by atoms with Gasteiger partial charge in [0.25, 0.3) is 0 Å². The molecule has 34 heavy (non-hydrogen) atoms. The van der Waals surface area contributed by atoms with Crippen LogP contribution in [0.5, 0.6) is 5.75 Å². The molecule has 0 fully saturated rings. The average molecular weight is 488 g/mol. The summed E-state index contributed by atoms with van der Waals surface area (Å²) >= 11 is 5.95. The van der Waals surface area contributed by atoms with E-state index in [9.17, 15) is 23.1 Å². The van der Waals surface area contributed by atoms with Crippen LogP contribution in [0, 0.1) is 6.92 Å². The molecule has 9 heteroatoms. The summed E-state index contributed by atoms with van der Waals surface area (Å²) in [5.41, 5.74) is 1.09. The lowest BCUT2D eigenvalue weighted by Crippen LogP contribution is -2.10. The summed E-state index contributed by atoms with van der Waals surface area (Å²) in [6.45, 7) is 1.48. The number of hydrogen-bond donors (Lipinski definition) is 1. The van der Waals surface area contributed by atoms with Gasteiger partial charge in [-0.15, -0.1) is 0 Å². The molecular formula is C25H17ClF3NO4. The van der Waals surface area contributed by atoms with Crippen molar-refractivity contribution in [2.24, 2.45) is 0 Å². The second kappa shape index (κ2) is 9.23. The third kappa shape index (κ3) is 4.77. The van der Waals surface area contributed by atoms with Gasteiger partial charge in [-0.05, 0) is 54.4 Å². The van der Waals surface area contributed by atoms with Crippen molar-refractivity contribution in [1.29, 1.82) is 0 Å². The van der Waals surface area contributed by atoms with Crippen molar-refractivity contribution in [3.63, 3.8) is 0 Å². The Morgan fingerprint density at radius 1 is 1.09 bits per heavy atom. The Labute approximate surface area is 197 Å². The smallest absolute Gasteiger partial charge is 0.416 e. The minimum absolute atomic E-state index is 0.0167. The zero-order chi connectivity index (χ0) is 24.5. The number of hydrogen-bond acceptors (Lipinski definition) is 4. The molecule has 1 aromatic heterocycles. The standard InChI is InChI=1S/C25H17ClF3NO4/c1-14-12-18(33-13-16-4-2-3-5-20(16)25(27,28)29)10-11-19(14)23-21(22(24(31)32)30-34-23)15-6-8-17(26)9-7-15/h2-12H,13H2,1H3,(H,31,32). The topological polar surface area (TPSA) is 72.6 Å². The van der Waals surface area contributed by atoms with Crippen LogP contribution in [0.2, 0.25) is 5.02 Å². The minimum Gasteiger partial charge on any atom is -0.489 e. The molecule has 5 nitrogen and oxygen atoms in total. The zero-order valence-electron chi connectivity index (χ0n) is 17.7. The molecule has 4 rings (SSSR count). The number of nitrogens with zero attached hydrogens (tertiary/aromatic N) is 1. The van der Waals surface area contributed by atoms with Crippen molar-refractivity contribution < 1.29 is 32.3 Å². The molecule has 0 atom stereocenters. The van der Waals surface area contributed by atoms with Crippen LogP contribution in [0.4, 0.5) is 13.2 Å². The van der Waals surface area contributed by atoms with Crippen molar-refractivity contribution in [1.82, 2.24) is 5.16 Å². The highest BCUT2D eigenvalue weighted by molar-refractivity contribution is 6.30. The van der Waals surface area contributed by atoms with Gasteiger partial charge >= 0.3 is 12.1 Å². The minimum atomic E-state index is -4.48. The Kier molecular flexibility index (Phi) is 6.34. The fraction of sp³-hybridized carbons (Fsp3) is 0.120. The van der Waals surface area contributed by atoms with Crippen LogP contribution in [-0.2, 0) is 12.8 Å². The first kappa shape index (κ1) is 23.4. The van der Waals surface area contributed by atoms with E-state index >= 15 is 0 Å². The van der Waals surface area contributed by atoms with Gasteiger partial charge in [-0.1, -0.05) is 47.1 Å². The Morgan fingerprint density at radius 3 is 2.44 bits per heavy atom. The first-order chi connectivity index (χ1) is 16.1. The van der Waals surface area contributed by atoms with Crippen molar-refractivity contribution in [2.45, 2.75) is 19.7 Å². The molecule has 0 bridgehead atoms. The van der Waals surface area contributed by atoms with E-state index in [4.69, 9.17) is 20.9 Å². The van der Waals surface area contributed by atoms with Crippen LogP contribution in [0.15, 0.2) is 71.3 Å². The lowest BCUT2D eigenvalue weighted by atomic mass is 9.97. The van der Waals surface area contributed by atoms with Gasteiger partial charge < -0.3 is 14.4 Å². The number of carboxylic acid groups (broad SMARTS) is 1. The molecule has 174 valence electrons. The molecule has 1 N–H and O–H groups in total. The van der Waals surface area contributed by atoms with Crippen LogP contribution in [-0.4, -0.2) is 16.2 Å². The summed E-state index contributed by atoms with van der Waals surface area (Å²) in [6, 6.07) is 16.7. The molecular weight excluding hydrogens is 471 g/mol. The highest BCUT2D eigenvalue weighted by atomic mass is 35.5. The van der Waals surface area contributed by atoms with Crippen LogP contribution in [0.1, 0.15) is 27.2 Å². The molecule has 0 amide bonds. The summed E-state index contributed by atoms with van der Waals surface area (Å²) in [6.07, 6.45) is -4.48. The van der Waals surface area contributed by atoms with Gasteiger partial charge in [-0.3, -0.25) is 0 Å². The highest BCUT2D eigenvalue weighted by Crippen LogP contribution is 2.38. The fourth-order valence-electron chi connectivity index (χ4n) is 3.57. The molecule has 0 radical (unpaired) electrons. The van der Waals surface area contributed by atoms with E-state index in [2.05, 4.69) is 5.16 Å². The predicted octanol–water partition coefficient (Wildman–Crippen LogP) is 7.27. The Hall–Kier alpha value is -3.78. The molecule has 0 unspecified atom stereocenters. The molecule has 0 aliphatic carbocycles. The second-order valence-electron chi connectivity index (χ2n) is 7.47. The van der Waals surface area contributed by atoms with Gasteiger partial charge in [0.1, 0.15) is 12.4 Å². The van der Waals surface area contributed by atoms with Gasteiger partial charge in [0.2, 0.25) is 0 Å². The van der Waals surface area contributed by atoms with Crippen LogP contribution in [0.25, 0.3) is 22.5 Å². The van der Waals surface area contributed by atoms with E-state index in [0.717, 1.165) is 6.07 Å². The van der Waals surface area contributed by atoms with Gasteiger partial charge in [0.05, 0.1) is 11.1 Å². The van der Waals surface area contributed by atoms with Crippen molar-refractivity contribution in [3.05, 3.63) is 94.1 Å². The van der Waals surface area contributed by atoms with Gasteiger partial charge in [-0.2, -0.15) is 13.2 Å². The summed E-state index contributed by atoms with van der Waals surface area (Å²) in [5.74, 6) is -0.656. The van der Waals surface area contributed by atoms with Crippen molar-refractivity contribution >= 4 is 17.6 Å². The third-order valence-electron chi connectivity index (χ3n) is 5.19. The quantitative estimate of drug-likeness (QED) is 0.309. The van der Waals surface area contributed by atoms with E-state index in [1.165, 1.54) is 18.2 Å². The van der Waals surface area contributed by atoms with Crippen LogP contribution in [0.3, 0.4) is 0 Å².